The van der Waals surface area contributed by atoms with Crippen LogP contribution in [0.5, 0.6) is 5.75 Å². The molecule has 1 saturated heterocycles. The number of rotatable bonds is 15. The number of amides is 1. The van der Waals surface area contributed by atoms with Crippen LogP contribution in [0.1, 0.15) is 46.0 Å². The first-order chi connectivity index (χ1) is 18.2. The van der Waals surface area contributed by atoms with Crippen molar-refractivity contribution in [2.45, 2.75) is 58.7 Å². The zero-order valence-corrected chi connectivity index (χ0v) is 24.0. The molecule has 38 heavy (non-hydrogen) atoms. The van der Waals surface area contributed by atoms with E-state index in [1.54, 1.807) is 40.7 Å². The van der Waals surface area contributed by atoms with Crippen LogP contribution in [0.25, 0.3) is 0 Å². The minimum Gasteiger partial charge on any atom is -0.497 e. The van der Waals surface area contributed by atoms with Gasteiger partial charge in [-0.1, -0.05) is 52.0 Å². The van der Waals surface area contributed by atoms with Gasteiger partial charge in [-0.2, -0.15) is 0 Å². The van der Waals surface area contributed by atoms with Gasteiger partial charge in [-0.05, 0) is 24.6 Å². The number of nitrogens with zero attached hydrogens (tertiary/aromatic N) is 1. The summed E-state index contributed by atoms with van der Waals surface area (Å²) in [5, 5.41) is 0. The molecule has 0 radical (unpaired) electrons. The van der Waals surface area contributed by atoms with Gasteiger partial charge in [0.2, 0.25) is 6.41 Å². The van der Waals surface area contributed by atoms with E-state index in [1.807, 2.05) is 43.3 Å². The average Bonchev–Trinajstić information content (AvgIpc) is 2.94. The van der Waals surface area contributed by atoms with Crippen LogP contribution in [0, 0.1) is 23.7 Å². The van der Waals surface area contributed by atoms with Gasteiger partial charge in [0.05, 0.1) is 32.0 Å². The molecule has 8 nitrogen and oxygen atoms in total. The fraction of sp³-hybridized carbons (Fsp3) is 0.600. The molecule has 1 aromatic carbocycles. The van der Waals surface area contributed by atoms with E-state index >= 15 is 0 Å². The first-order valence-corrected chi connectivity index (χ1v) is 13.2. The van der Waals surface area contributed by atoms with E-state index in [4.69, 9.17) is 23.7 Å². The molecule has 0 bridgehead atoms. The third-order valence-corrected chi connectivity index (χ3v) is 7.32. The Bertz CT molecular complexity index is 916. The number of ketones is 1. The topological polar surface area (TPSA) is 83.5 Å². The summed E-state index contributed by atoms with van der Waals surface area (Å²) in [4.78, 5) is 25.1. The number of ether oxygens (including phenoxy) is 5. The van der Waals surface area contributed by atoms with E-state index in [2.05, 4.69) is 20.8 Å². The van der Waals surface area contributed by atoms with Crippen LogP contribution in [0.2, 0.25) is 0 Å². The number of benzene rings is 1. The van der Waals surface area contributed by atoms with E-state index in [0.717, 1.165) is 17.7 Å². The second kappa shape index (κ2) is 15.8. The molecule has 1 heterocycles. The van der Waals surface area contributed by atoms with Crippen LogP contribution in [0.15, 0.2) is 48.7 Å². The Hall–Kier alpha value is -2.52. The summed E-state index contributed by atoms with van der Waals surface area (Å²) in [5.74, 6) is 0.648. The molecular weight excluding hydrogens is 486 g/mol. The monoisotopic (exact) mass is 531 g/mol. The van der Waals surface area contributed by atoms with Crippen molar-refractivity contribution < 1.29 is 33.3 Å². The van der Waals surface area contributed by atoms with Crippen molar-refractivity contribution in [3.63, 3.8) is 0 Å². The van der Waals surface area contributed by atoms with Crippen LogP contribution in [-0.4, -0.2) is 70.4 Å². The third kappa shape index (κ3) is 8.76. The summed E-state index contributed by atoms with van der Waals surface area (Å²) in [7, 11) is 6.59. The number of carbonyl (C=O) groups excluding carboxylic acids is 2. The summed E-state index contributed by atoms with van der Waals surface area (Å²) in [6, 6.07) is 7.71. The van der Waals surface area contributed by atoms with Crippen molar-refractivity contribution in [3.8, 4) is 5.75 Å². The predicted molar refractivity (Wildman–Crippen MR) is 147 cm³/mol. The highest BCUT2D eigenvalue weighted by atomic mass is 16.7. The molecule has 0 aromatic heterocycles. The lowest BCUT2D eigenvalue weighted by molar-refractivity contribution is -0.257. The van der Waals surface area contributed by atoms with Gasteiger partial charge in [-0.3, -0.25) is 9.59 Å². The molecule has 2 rings (SSSR count). The largest absolute Gasteiger partial charge is 0.497 e. The number of hydrogen-bond acceptors (Lipinski definition) is 7. The van der Waals surface area contributed by atoms with Crippen LogP contribution in [0.3, 0.4) is 0 Å². The smallest absolute Gasteiger partial charge is 0.213 e. The van der Waals surface area contributed by atoms with Gasteiger partial charge >= 0.3 is 0 Å². The molecule has 0 spiro atoms. The Balaban J connectivity index is 2.04. The second-order valence-corrected chi connectivity index (χ2v) is 10.2. The van der Waals surface area contributed by atoms with E-state index < -0.39 is 6.29 Å². The maximum atomic E-state index is 12.9. The molecule has 1 fully saturated rings. The summed E-state index contributed by atoms with van der Waals surface area (Å²) in [6.07, 6.45) is 7.30. The molecule has 1 aliphatic rings. The molecule has 0 saturated carbocycles. The van der Waals surface area contributed by atoms with Crippen molar-refractivity contribution >= 4 is 12.2 Å². The van der Waals surface area contributed by atoms with Crippen molar-refractivity contribution in [1.82, 2.24) is 4.90 Å². The second-order valence-electron chi connectivity index (χ2n) is 10.2. The van der Waals surface area contributed by atoms with Crippen LogP contribution < -0.4 is 4.74 Å². The highest BCUT2D eigenvalue weighted by molar-refractivity contribution is 5.91. The predicted octanol–water partition coefficient (Wildman–Crippen LogP) is 4.80. The summed E-state index contributed by atoms with van der Waals surface area (Å²) >= 11 is 0. The fourth-order valence-corrected chi connectivity index (χ4v) is 4.92. The Morgan fingerprint density at radius 2 is 1.82 bits per heavy atom. The zero-order chi connectivity index (χ0) is 28.2. The normalized spacial score (nSPS) is 24.1. The molecule has 1 aliphatic heterocycles. The Labute approximate surface area is 227 Å². The fourth-order valence-electron chi connectivity index (χ4n) is 4.92. The zero-order valence-electron chi connectivity index (χ0n) is 24.0. The minimum atomic E-state index is -0.457. The molecule has 8 atom stereocenters. The molecule has 1 aromatic rings. The van der Waals surface area contributed by atoms with Crippen LogP contribution in [0.4, 0.5) is 0 Å². The van der Waals surface area contributed by atoms with Gasteiger partial charge in [-0.25, -0.2) is 0 Å². The first kappa shape index (κ1) is 31.7. The molecular formula is C30H45NO7. The number of hydrogen-bond donors (Lipinski definition) is 0. The minimum absolute atomic E-state index is 0.0152. The highest BCUT2D eigenvalue weighted by Crippen LogP contribution is 2.36. The van der Waals surface area contributed by atoms with Gasteiger partial charge in [0, 0.05) is 56.7 Å². The molecule has 8 heteroatoms. The molecule has 1 amide bonds. The van der Waals surface area contributed by atoms with Crippen LogP contribution >= 0.6 is 0 Å². The molecule has 212 valence electrons. The summed E-state index contributed by atoms with van der Waals surface area (Å²) < 4.78 is 29.2. The quantitative estimate of drug-likeness (QED) is 0.237. The van der Waals surface area contributed by atoms with Crippen molar-refractivity contribution in [2.75, 3.05) is 35.0 Å². The van der Waals surface area contributed by atoms with E-state index in [0.29, 0.717) is 13.0 Å². The molecule has 8 unspecified atom stereocenters. The van der Waals surface area contributed by atoms with E-state index in [1.165, 1.54) is 4.90 Å². The van der Waals surface area contributed by atoms with E-state index in [-0.39, 0.29) is 47.8 Å². The SMILES string of the molecule is COc1ccc(C2OCC(C)C(C(C)C(OC)C(C)/C=C/C(=O)C(C)C(C/C=C/N(C)C=O)OC)O2)cc1. The number of methoxy groups -OCH3 is 3. The van der Waals surface area contributed by atoms with Crippen molar-refractivity contribution in [2.24, 2.45) is 23.7 Å². The van der Waals surface area contributed by atoms with Gasteiger partial charge in [0.15, 0.2) is 12.1 Å². The highest BCUT2D eigenvalue weighted by Gasteiger charge is 2.38. The Morgan fingerprint density at radius 1 is 1.13 bits per heavy atom. The Kier molecular flexibility index (Phi) is 13.2. The first-order valence-electron chi connectivity index (χ1n) is 13.2. The molecule has 0 aliphatic carbocycles. The average molecular weight is 532 g/mol. The van der Waals surface area contributed by atoms with Gasteiger partial charge < -0.3 is 28.6 Å². The standard InChI is InChI=1S/C30H45NO7/c1-20(11-16-26(33)22(3)27(35-7)10-9-17-31(5)19-32)28(36-8)23(4)29-21(2)18-37-30(38-29)24-12-14-25(34-6)15-13-24/h9,11-17,19-23,27-30H,10,18H2,1-8H3/b16-11+,17-9+. The van der Waals surface area contributed by atoms with Crippen molar-refractivity contribution in [1.29, 1.82) is 0 Å². The number of allylic oxidation sites excluding steroid dienone is 1. The Morgan fingerprint density at radius 3 is 2.39 bits per heavy atom. The van der Waals surface area contributed by atoms with Gasteiger partial charge in [0.25, 0.3) is 0 Å². The van der Waals surface area contributed by atoms with Crippen molar-refractivity contribution in [3.05, 3.63) is 54.3 Å². The maximum Gasteiger partial charge on any atom is 0.213 e. The number of carbonyl (C=O) groups is 2. The molecule has 0 N–H and O–H groups in total. The third-order valence-electron chi connectivity index (χ3n) is 7.32. The summed E-state index contributed by atoms with van der Waals surface area (Å²) in [6.45, 7) is 8.74. The lowest BCUT2D eigenvalue weighted by Gasteiger charge is -2.41. The van der Waals surface area contributed by atoms with Gasteiger partial charge in [0.1, 0.15) is 5.75 Å². The van der Waals surface area contributed by atoms with E-state index in [9.17, 15) is 9.59 Å². The lowest BCUT2D eigenvalue weighted by atomic mass is 9.83. The van der Waals surface area contributed by atoms with Gasteiger partial charge in [-0.15, -0.1) is 0 Å². The lowest BCUT2D eigenvalue weighted by Crippen LogP contribution is -2.45. The maximum absolute atomic E-state index is 12.9. The summed E-state index contributed by atoms with van der Waals surface area (Å²) in [5.41, 5.74) is 0.941. The van der Waals surface area contributed by atoms with Crippen LogP contribution in [-0.2, 0) is 28.5 Å².